The van der Waals surface area contributed by atoms with Crippen LogP contribution in [-0.4, -0.2) is 16.8 Å². The van der Waals surface area contributed by atoms with Crippen LogP contribution in [0.5, 0.6) is 0 Å². The molecule has 0 saturated carbocycles. The lowest BCUT2D eigenvalue weighted by atomic mass is 10.0. The topological polar surface area (TPSA) is 49.4 Å². The summed E-state index contributed by atoms with van der Waals surface area (Å²) in [6.07, 6.45) is 1.75. The van der Waals surface area contributed by atoms with Crippen molar-refractivity contribution in [1.29, 1.82) is 0 Å². The maximum absolute atomic E-state index is 11.4. The SMILES string of the molecule is Cl.Cl.O=C1NC(=O)N2Cc3ccccc3C=C12. The number of imide groups is 1. The Morgan fingerprint density at radius 2 is 1.82 bits per heavy atom. The van der Waals surface area contributed by atoms with E-state index in [0.717, 1.165) is 11.1 Å². The predicted octanol–water partition coefficient (Wildman–Crippen LogP) is 1.94. The summed E-state index contributed by atoms with van der Waals surface area (Å²) in [5.41, 5.74) is 2.51. The smallest absolute Gasteiger partial charge is 0.284 e. The molecule has 3 rings (SSSR count). The number of carbonyl (C=O) groups excluding carboxylic acids is 2. The minimum absolute atomic E-state index is 0. The number of fused-ring (bicyclic) bond motifs is 2. The lowest BCUT2D eigenvalue weighted by Gasteiger charge is -2.21. The molecule has 2 aliphatic rings. The Hall–Kier alpha value is -1.52. The molecule has 1 aromatic carbocycles. The molecule has 0 aromatic heterocycles. The second-order valence-electron chi connectivity index (χ2n) is 3.57. The zero-order chi connectivity index (χ0) is 10.4. The first-order valence-corrected chi connectivity index (χ1v) is 4.68. The van der Waals surface area contributed by atoms with Crippen LogP contribution < -0.4 is 5.32 Å². The zero-order valence-electron chi connectivity index (χ0n) is 8.67. The molecule has 1 aromatic rings. The van der Waals surface area contributed by atoms with Crippen LogP contribution in [0.2, 0.25) is 0 Å². The Labute approximate surface area is 110 Å². The zero-order valence-corrected chi connectivity index (χ0v) is 10.3. The summed E-state index contributed by atoms with van der Waals surface area (Å²) in [5.74, 6) is -0.311. The highest BCUT2D eigenvalue weighted by molar-refractivity contribution is 6.14. The first-order valence-electron chi connectivity index (χ1n) is 4.68. The van der Waals surface area contributed by atoms with E-state index in [0.29, 0.717) is 12.2 Å². The summed E-state index contributed by atoms with van der Waals surface area (Å²) in [6.45, 7) is 0.472. The predicted molar refractivity (Wildman–Crippen MR) is 68.0 cm³/mol. The average molecular weight is 273 g/mol. The Balaban J connectivity index is 0.000000722. The van der Waals surface area contributed by atoms with Crippen molar-refractivity contribution in [2.75, 3.05) is 0 Å². The van der Waals surface area contributed by atoms with Crippen molar-refractivity contribution in [3.63, 3.8) is 0 Å². The molecule has 0 atom stereocenters. The van der Waals surface area contributed by atoms with Crippen LogP contribution in [-0.2, 0) is 11.3 Å². The van der Waals surface area contributed by atoms with E-state index in [2.05, 4.69) is 5.32 Å². The number of amides is 3. The lowest BCUT2D eigenvalue weighted by molar-refractivity contribution is -0.116. The normalized spacial score (nSPS) is 16.0. The monoisotopic (exact) mass is 272 g/mol. The van der Waals surface area contributed by atoms with Crippen molar-refractivity contribution in [2.24, 2.45) is 0 Å². The molecule has 0 radical (unpaired) electrons. The standard InChI is InChI=1S/C11H8N2O2.2ClH/c14-10-9-5-7-3-1-2-4-8(7)6-13(9)11(15)12-10;;/h1-5H,6H2,(H,12,14,15);2*1H. The molecule has 90 valence electrons. The van der Waals surface area contributed by atoms with Gasteiger partial charge in [-0.3, -0.25) is 15.0 Å². The molecule has 0 bridgehead atoms. The van der Waals surface area contributed by atoms with Crippen LogP contribution in [0.3, 0.4) is 0 Å². The number of rotatable bonds is 0. The molecule has 3 amide bonds. The quantitative estimate of drug-likeness (QED) is 0.734. The minimum atomic E-state index is -0.333. The Morgan fingerprint density at radius 1 is 1.12 bits per heavy atom. The molecular weight excluding hydrogens is 263 g/mol. The molecule has 4 nitrogen and oxygen atoms in total. The van der Waals surface area contributed by atoms with Gasteiger partial charge in [-0.05, 0) is 17.2 Å². The van der Waals surface area contributed by atoms with Gasteiger partial charge in [-0.15, -0.1) is 24.8 Å². The fourth-order valence-corrected chi connectivity index (χ4v) is 1.90. The first-order chi connectivity index (χ1) is 7.25. The van der Waals surface area contributed by atoms with Crippen LogP contribution in [0.1, 0.15) is 11.1 Å². The fraction of sp³-hybridized carbons (Fsp3) is 0.0909. The van der Waals surface area contributed by atoms with Crippen molar-refractivity contribution in [3.8, 4) is 0 Å². The second-order valence-corrected chi connectivity index (χ2v) is 3.57. The molecule has 1 N–H and O–H groups in total. The van der Waals surface area contributed by atoms with E-state index in [4.69, 9.17) is 0 Å². The number of halogens is 2. The van der Waals surface area contributed by atoms with Gasteiger partial charge in [-0.25, -0.2) is 4.79 Å². The lowest BCUT2D eigenvalue weighted by Crippen LogP contribution is -2.28. The molecule has 17 heavy (non-hydrogen) atoms. The van der Waals surface area contributed by atoms with Gasteiger partial charge >= 0.3 is 6.03 Å². The number of hydrogen-bond acceptors (Lipinski definition) is 2. The number of urea groups is 1. The van der Waals surface area contributed by atoms with E-state index in [1.807, 2.05) is 24.3 Å². The van der Waals surface area contributed by atoms with Gasteiger partial charge in [0.25, 0.3) is 5.91 Å². The molecule has 0 spiro atoms. The van der Waals surface area contributed by atoms with Crippen molar-refractivity contribution >= 4 is 42.8 Å². The third kappa shape index (κ3) is 2.01. The largest absolute Gasteiger partial charge is 0.329 e. The highest BCUT2D eigenvalue weighted by Gasteiger charge is 2.35. The van der Waals surface area contributed by atoms with Crippen LogP contribution in [0.25, 0.3) is 6.08 Å². The molecule has 0 aliphatic carbocycles. The Kier molecular flexibility index (Phi) is 3.80. The minimum Gasteiger partial charge on any atom is -0.284 e. The summed E-state index contributed by atoms with van der Waals surface area (Å²) in [5, 5.41) is 2.27. The van der Waals surface area contributed by atoms with Gasteiger partial charge in [0.05, 0.1) is 6.54 Å². The van der Waals surface area contributed by atoms with E-state index in [9.17, 15) is 9.59 Å². The van der Waals surface area contributed by atoms with Crippen molar-refractivity contribution < 1.29 is 9.59 Å². The highest BCUT2D eigenvalue weighted by Crippen LogP contribution is 2.27. The van der Waals surface area contributed by atoms with Crippen molar-refractivity contribution in [3.05, 3.63) is 41.1 Å². The fourth-order valence-electron chi connectivity index (χ4n) is 1.90. The molecule has 0 unspecified atom stereocenters. The molecule has 2 aliphatic heterocycles. The van der Waals surface area contributed by atoms with Crippen LogP contribution in [0.15, 0.2) is 30.0 Å². The molecule has 1 fully saturated rings. The van der Waals surface area contributed by atoms with Gasteiger partial charge in [-0.1, -0.05) is 24.3 Å². The van der Waals surface area contributed by atoms with Gasteiger partial charge < -0.3 is 0 Å². The number of benzene rings is 1. The maximum Gasteiger partial charge on any atom is 0.329 e. The molecular formula is C11H10Cl2N2O2. The van der Waals surface area contributed by atoms with Gasteiger partial charge in [-0.2, -0.15) is 0 Å². The number of nitrogens with one attached hydrogen (secondary N) is 1. The maximum atomic E-state index is 11.4. The first kappa shape index (κ1) is 13.5. The van der Waals surface area contributed by atoms with E-state index in [1.165, 1.54) is 4.90 Å². The van der Waals surface area contributed by atoms with E-state index < -0.39 is 0 Å². The summed E-state index contributed by atoms with van der Waals surface area (Å²) in [4.78, 5) is 24.2. The summed E-state index contributed by atoms with van der Waals surface area (Å²) in [7, 11) is 0. The van der Waals surface area contributed by atoms with E-state index >= 15 is 0 Å². The highest BCUT2D eigenvalue weighted by atomic mass is 35.5. The Morgan fingerprint density at radius 3 is 2.59 bits per heavy atom. The van der Waals surface area contributed by atoms with Gasteiger partial charge in [0.15, 0.2) is 0 Å². The summed E-state index contributed by atoms with van der Waals surface area (Å²) in [6, 6.07) is 7.41. The second kappa shape index (κ2) is 4.77. The van der Waals surface area contributed by atoms with Crippen molar-refractivity contribution in [2.45, 2.75) is 6.54 Å². The van der Waals surface area contributed by atoms with Gasteiger partial charge in [0.2, 0.25) is 0 Å². The molecule has 2 heterocycles. The molecule has 6 heteroatoms. The van der Waals surface area contributed by atoms with Gasteiger partial charge in [0.1, 0.15) is 5.70 Å². The van der Waals surface area contributed by atoms with Crippen LogP contribution in [0.4, 0.5) is 4.79 Å². The van der Waals surface area contributed by atoms with E-state index in [1.54, 1.807) is 6.08 Å². The van der Waals surface area contributed by atoms with E-state index in [-0.39, 0.29) is 36.8 Å². The van der Waals surface area contributed by atoms with Crippen LogP contribution in [0, 0.1) is 0 Å². The van der Waals surface area contributed by atoms with Gasteiger partial charge in [0, 0.05) is 0 Å². The summed E-state index contributed by atoms with van der Waals surface area (Å²) >= 11 is 0. The third-order valence-corrected chi connectivity index (χ3v) is 2.66. The Bertz CT molecular complexity index is 514. The number of hydrogen-bond donors (Lipinski definition) is 1. The third-order valence-electron chi connectivity index (χ3n) is 2.66. The van der Waals surface area contributed by atoms with Crippen molar-refractivity contribution in [1.82, 2.24) is 10.2 Å². The average Bonchev–Trinajstić information content (AvgIpc) is 2.52. The molecule has 1 saturated heterocycles. The number of nitrogens with zero attached hydrogens (tertiary/aromatic N) is 1. The summed E-state index contributed by atoms with van der Waals surface area (Å²) < 4.78 is 0. The number of carbonyl (C=O) groups is 2. The van der Waals surface area contributed by atoms with Crippen LogP contribution >= 0.6 is 24.8 Å².